The van der Waals surface area contributed by atoms with Crippen molar-refractivity contribution in [2.45, 2.75) is 25.4 Å². The molecule has 0 spiro atoms. The Morgan fingerprint density at radius 3 is 2.33 bits per heavy atom. The summed E-state index contributed by atoms with van der Waals surface area (Å²) in [6.07, 6.45) is 0. The van der Waals surface area contributed by atoms with Crippen molar-refractivity contribution >= 4 is 15.9 Å². The van der Waals surface area contributed by atoms with Crippen LogP contribution in [0.4, 0.5) is 0 Å². The number of nitrogens with two attached hydrogens (primary N) is 1. The Balaban J connectivity index is 2.14. The maximum atomic E-state index is 6.48. The number of rotatable bonds is 3. The van der Waals surface area contributed by atoms with Crippen LogP contribution in [0.3, 0.4) is 0 Å². The maximum Gasteiger partial charge on any atom is 0.0476 e. The summed E-state index contributed by atoms with van der Waals surface area (Å²) in [4.78, 5) is 2.48. The van der Waals surface area contributed by atoms with Gasteiger partial charge in [0.2, 0.25) is 0 Å². The highest BCUT2D eigenvalue weighted by atomic mass is 79.9. The second kappa shape index (κ2) is 5.70. The van der Waals surface area contributed by atoms with E-state index in [4.69, 9.17) is 5.73 Å². The van der Waals surface area contributed by atoms with Gasteiger partial charge >= 0.3 is 0 Å². The second-order valence-electron chi connectivity index (χ2n) is 5.42. The van der Waals surface area contributed by atoms with Gasteiger partial charge in [0, 0.05) is 42.2 Å². The van der Waals surface area contributed by atoms with Crippen molar-refractivity contribution in [1.29, 1.82) is 0 Å². The van der Waals surface area contributed by atoms with Crippen molar-refractivity contribution in [3.05, 3.63) is 34.3 Å². The number of nitrogens with zero attached hydrogens (tertiary/aromatic N) is 1. The van der Waals surface area contributed by atoms with E-state index in [1.165, 1.54) is 5.56 Å². The van der Waals surface area contributed by atoms with Crippen molar-refractivity contribution in [3.8, 4) is 0 Å². The summed E-state index contributed by atoms with van der Waals surface area (Å²) in [6.45, 7) is 8.72. The number of nitrogens with one attached hydrogen (secondary N) is 1. The van der Waals surface area contributed by atoms with Gasteiger partial charge in [-0.2, -0.15) is 0 Å². The summed E-state index contributed by atoms with van der Waals surface area (Å²) in [6, 6.07) is 8.37. The third-order valence-electron chi connectivity index (χ3n) is 3.92. The third kappa shape index (κ3) is 2.94. The SMILES string of the molecule is CC(C)(C(N)c1ccc(Br)cc1)N1CCNCC1. The van der Waals surface area contributed by atoms with Gasteiger partial charge in [0.05, 0.1) is 0 Å². The van der Waals surface area contributed by atoms with E-state index in [0.29, 0.717) is 0 Å². The van der Waals surface area contributed by atoms with E-state index in [0.717, 1.165) is 30.7 Å². The lowest BCUT2D eigenvalue weighted by molar-refractivity contribution is 0.0800. The Kier molecular flexibility index (Phi) is 4.43. The third-order valence-corrected chi connectivity index (χ3v) is 4.45. The van der Waals surface area contributed by atoms with Gasteiger partial charge in [-0.3, -0.25) is 4.90 Å². The van der Waals surface area contributed by atoms with Crippen LogP contribution in [0.2, 0.25) is 0 Å². The molecule has 1 aromatic carbocycles. The largest absolute Gasteiger partial charge is 0.322 e. The van der Waals surface area contributed by atoms with Crippen LogP contribution in [-0.2, 0) is 0 Å². The standard InChI is InChI=1S/C14H22BrN3/c1-14(2,18-9-7-17-8-10-18)13(16)11-3-5-12(15)6-4-11/h3-6,13,17H,7-10,16H2,1-2H3. The molecule has 0 saturated carbocycles. The van der Waals surface area contributed by atoms with E-state index in [1.54, 1.807) is 0 Å². The van der Waals surface area contributed by atoms with Gasteiger partial charge in [0.1, 0.15) is 0 Å². The molecule has 1 unspecified atom stereocenters. The zero-order chi connectivity index (χ0) is 13.2. The minimum atomic E-state index is -0.0179. The summed E-state index contributed by atoms with van der Waals surface area (Å²) < 4.78 is 1.10. The van der Waals surface area contributed by atoms with E-state index < -0.39 is 0 Å². The van der Waals surface area contributed by atoms with Crippen molar-refractivity contribution in [3.63, 3.8) is 0 Å². The highest BCUT2D eigenvalue weighted by molar-refractivity contribution is 9.10. The van der Waals surface area contributed by atoms with Gasteiger partial charge in [-0.05, 0) is 31.5 Å². The first-order valence-corrected chi connectivity index (χ1v) is 7.28. The van der Waals surface area contributed by atoms with Crippen LogP contribution in [0.15, 0.2) is 28.7 Å². The smallest absolute Gasteiger partial charge is 0.0476 e. The normalized spacial score (nSPS) is 19.8. The number of halogens is 1. The Labute approximate surface area is 118 Å². The Morgan fingerprint density at radius 2 is 1.78 bits per heavy atom. The molecule has 100 valence electrons. The van der Waals surface area contributed by atoms with Crippen LogP contribution < -0.4 is 11.1 Å². The Bertz CT molecular complexity index is 383. The van der Waals surface area contributed by atoms with Gasteiger partial charge in [0.15, 0.2) is 0 Å². The quantitative estimate of drug-likeness (QED) is 0.898. The molecule has 0 aromatic heterocycles. The van der Waals surface area contributed by atoms with E-state index >= 15 is 0 Å². The van der Waals surface area contributed by atoms with Gasteiger partial charge in [-0.1, -0.05) is 28.1 Å². The van der Waals surface area contributed by atoms with Crippen LogP contribution in [0.25, 0.3) is 0 Å². The average molecular weight is 312 g/mol. The number of piperazine rings is 1. The molecule has 0 aliphatic carbocycles. The van der Waals surface area contributed by atoms with Crippen LogP contribution >= 0.6 is 15.9 Å². The minimum Gasteiger partial charge on any atom is -0.322 e. The van der Waals surface area contributed by atoms with Crippen molar-refractivity contribution in [1.82, 2.24) is 10.2 Å². The predicted octanol–water partition coefficient (Wildman–Crippen LogP) is 2.13. The molecule has 3 nitrogen and oxygen atoms in total. The highest BCUT2D eigenvalue weighted by Gasteiger charge is 2.34. The van der Waals surface area contributed by atoms with Gasteiger partial charge in [0.25, 0.3) is 0 Å². The monoisotopic (exact) mass is 311 g/mol. The molecule has 1 atom stereocenters. The lowest BCUT2D eigenvalue weighted by Gasteiger charge is -2.45. The molecular weight excluding hydrogens is 290 g/mol. The molecule has 3 N–H and O–H groups in total. The lowest BCUT2D eigenvalue weighted by Crippen LogP contribution is -2.57. The first-order valence-electron chi connectivity index (χ1n) is 6.48. The topological polar surface area (TPSA) is 41.3 Å². The van der Waals surface area contributed by atoms with Crippen molar-refractivity contribution in [2.24, 2.45) is 5.73 Å². The van der Waals surface area contributed by atoms with Crippen LogP contribution in [-0.4, -0.2) is 36.6 Å². The molecule has 4 heteroatoms. The fourth-order valence-electron chi connectivity index (χ4n) is 2.52. The van der Waals surface area contributed by atoms with E-state index in [2.05, 4.69) is 64.3 Å². The summed E-state index contributed by atoms with van der Waals surface area (Å²) in [5.74, 6) is 0. The first kappa shape index (κ1) is 14.0. The van der Waals surface area contributed by atoms with Gasteiger partial charge < -0.3 is 11.1 Å². The summed E-state index contributed by atoms with van der Waals surface area (Å²) in [5.41, 5.74) is 7.65. The fourth-order valence-corrected chi connectivity index (χ4v) is 2.78. The van der Waals surface area contributed by atoms with Crippen molar-refractivity contribution in [2.75, 3.05) is 26.2 Å². The second-order valence-corrected chi connectivity index (χ2v) is 6.34. The molecule has 1 aliphatic rings. The molecule has 0 bridgehead atoms. The molecule has 18 heavy (non-hydrogen) atoms. The van der Waals surface area contributed by atoms with Crippen LogP contribution in [0, 0.1) is 0 Å². The number of hydrogen-bond donors (Lipinski definition) is 2. The first-order chi connectivity index (χ1) is 8.51. The summed E-state index contributed by atoms with van der Waals surface area (Å²) >= 11 is 3.46. The molecule has 1 aliphatic heterocycles. The minimum absolute atomic E-state index is 0.0179. The zero-order valence-electron chi connectivity index (χ0n) is 11.1. The summed E-state index contributed by atoms with van der Waals surface area (Å²) in [7, 11) is 0. The molecule has 1 saturated heterocycles. The maximum absolute atomic E-state index is 6.48. The highest BCUT2D eigenvalue weighted by Crippen LogP contribution is 2.29. The van der Waals surface area contributed by atoms with Crippen LogP contribution in [0.1, 0.15) is 25.5 Å². The average Bonchev–Trinajstić information content (AvgIpc) is 2.40. The van der Waals surface area contributed by atoms with E-state index in [9.17, 15) is 0 Å². The predicted molar refractivity (Wildman–Crippen MR) is 79.6 cm³/mol. The molecule has 2 rings (SSSR count). The van der Waals surface area contributed by atoms with Crippen molar-refractivity contribution < 1.29 is 0 Å². The van der Waals surface area contributed by atoms with Gasteiger partial charge in [-0.15, -0.1) is 0 Å². The fraction of sp³-hybridized carbons (Fsp3) is 0.571. The van der Waals surface area contributed by atoms with E-state index in [1.807, 2.05) is 0 Å². The Morgan fingerprint density at radius 1 is 1.22 bits per heavy atom. The molecular formula is C14H22BrN3. The molecule has 0 radical (unpaired) electrons. The number of hydrogen-bond acceptors (Lipinski definition) is 3. The van der Waals surface area contributed by atoms with Crippen LogP contribution in [0.5, 0.6) is 0 Å². The van der Waals surface area contributed by atoms with E-state index in [-0.39, 0.29) is 11.6 Å². The summed E-state index contributed by atoms with van der Waals surface area (Å²) in [5, 5.41) is 3.38. The molecule has 1 aromatic rings. The number of benzene rings is 1. The zero-order valence-corrected chi connectivity index (χ0v) is 12.7. The Hall–Kier alpha value is -0.420. The van der Waals surface area contributed by atoms with Gasteiger partial charge in [-0.25, -0.2) is 0 Å². The molecule has 1 fully saturated rings. The molecule has 1 heterocycles. The molecule has 0 amide bonds. The lowest BCUT2D eigenvalue weighted by atomic mass is 9.87.